The number of fused-ring (bicyclic) bond motifs is 1. The molecule has 176 valence electrons. The number of nitrogens with zero attached hydrogens (tertiary/aromatic N) is 2. The Bertz CT molecular complexity index is 943. The van der Waals surface area contributed by atoms with Crippen LogP contribution in [0.15, 0.2) is 42.5 Å². The van der Waals surface area contributed by atoms with Gasteiger partial charge in [-0.15, -0.1) is 0 Å². The Balaban J connectivity index is 1.17. The van der Waals surface area contributed by atoms with Gasteiger partial charge in [-0.25, -0.2) is 0 Å². The molecule has 2 aromatic carbocycles. The van der Waals surface area contributed by atoms with Crippen LogP contribution in [-0.4, -0.2) is 68.3 Å². The van der Waals surface area contributed by atoms with Crippen LogP contribution in [0.1, 0.15) is 36.4 Å². The van der Waals surface area contributed by atoms with Gasteiger partial charge in [0.1, 0.15) is 0 Å². The summed E-state index contributed by atoms with van der Waals surface area (Å²) < 4.78 is 17.0. The first-order chi connectivity index (χ1) is 16.2. The Labute approximate surface area is 195 Å². The third-order valence-electron chi connectivity index (χ3n) is 6.61. The quantitative estimate of drug-likeness (QED) is 0.726. The van der Waals surface area contributed by atoms with Gasteiger partial charge in [-0.1, -0.05) is 18.2 Å². The van der Waals surface area contributed by atoms with Crippen LogP contribution >= 0.6 is 0 Å². The van der Waals surface area contributed by atoms with E-state index in [1.54, 1.807) is 0 Å². The molecule has 0 aromatic heterocycles. The van der Waals surface area contributed by atoms with E-state index in [4.69, 9.17) is 14.2 Å². The van der Waals surface area contributed by atoms with Gasteiger partial charge in [-0.05, 0) is 54.8 Å². The van der Waals surface area contributed by atoms with Gasteiger partial charge in [0.25, 0.3) is 0 Å². The van der Waals surface area contributed by atoms with Crippen LogP contribution < -0.4 is 14.8 Å². The van der Waals surface area contributed by atoms with Crippen molar-refractivity contribution in [1.82, 2.24) is 9.80 Å². The lowest BCUT2D eigenvalue weighted by Gasteiger charge is -2.26. The van der Waals surface area contributed by atoms with E-state index in [0.717, 1.165) is 75.8 Å². The first kappa shape index (κ1) is 22.2. The number of carbonyl (C=O) groups is 1. The second kappa shape index (κ2) is 10.5. The molecule has 2 fully saturated rings. The van der Waals surface area contributed by atoms with Crippen molar-refractivity contribution in [2.24, 2.45) is 0 Å². The molecule has 3 aliphatic rings. The largest absolute Gasteiger partial charge is 0.490 e. The maximum Gasteiger partial charge on any atom is 0.238 e. The summed E-state index contributed by atoms with van der Waals surface area (Å²) in [5, 5.41) is 3.07. The van der Waals surface area contributed by atoms with Crippen molar-refractivity contribution in [1.29, 1.82) is 0 Å². The average Bonchev–Trinajstić information content (AvgIpc) is 3.16. The van der Waals surface area contributed by atoms with Gasteiger partial charge in [0.05, 0.1) is 33.0 Å². The van der Waals surface area contributed by atoms with Crippen molar-refractivity contribution in [3.63, 3.8) is 0 Å². The van der Waals surface area contributed by atoms with Gasteiger partial charge in [0, 0.05) is 37.8 Å². The van der Waals surface area contributed by atoms with Gasteiger partial charge in [-0.2, -0.15) is 0 Å². The molecule has 7 nitrogen and oxygen atoms in total. The number of ether oxygens (including phenoxy) is 3. The summed E-state index contributed by atoms with van der Waals surface area (Å²) in [6.45, 7) is 7.14. The van der Waals surface area contributed by atoms with E-state index >= 15 is 0 Å². The molecule has 33 heavy (non-hydrogen) atoms. The van der Waals surface area contributed by atoms with E-state index in [1.165, 1.54) is 11.1 Å². The monoisotopic (exact) mass is 451 g/mol. The maximum atomic E-state index is 12.8. The zero-order chi connectivity index (χ0) is 22.5. The van der Waals surface area contributed by atoms with E-state index in [-0.39, 0.29) is 11.9 Å². The Morgan fingerprint density at radius 3 is 2.52 bits per heavy atom. The minimum absolute atomic E-state index is 0.0252. The van der Waals surface area contributed by atoms with Crippen molar-refractivity contribution in [3.05, 3.63) is 53.6 Å². The smallest absolute Gasteiger partial charge is 0.238 e. The van der Waals surface area contributed by atoms with Crippen LogP contribution in [0.2, 0.25) is 0 Å². The summed E-state index contributed by atoms with van der Waals surface area (Å²) in [6, 6.07) is 14.6. The van der Waals surface area contributed by atoms with E-state index in [2.05, 4.69) is 39.4 Å². The SMILES string of the molecule is O=C(CN1CCC[C@@H]1c1ccc2c(c1)OCCCO2)Nc1ccc(CN2CCOCC2)cc1. The van der Waals surface area contributed by atoms with Crippen LogP contribution in [-0.2, 0) is 16.1 Å². The molecular weight excluding hydrogens is 418 g/mol. The second-order valence-corrected chi connectivity index (χ2v) is 9.02. The molecule has 0 spiro atoms. The fraction of sp³-hybridized carbons (Fsp3) is 0.500. The van der Waals surface area contributed by atoms with Crippen molar-refractivity contribution in [2.75, 3.05) is 57.9 Å². The summed E-state index contributed by atoms with van der Waals surface area (Å²) in [6.07, 6.45) is 3.03. The molecule has 2 saturated heterocycles. The molecule has 0 bridgehead atoms. The Kier molecular flexibility index (Phi) is 7.09. The summed E-state index contributed by atoms with van der Waals surface area (Å²) >= 11 is 0. The topological polar surface area (TPSA) is 63.3 Å². The van der Waals surface area contributed by atoms with E-state index in [1.807, 2.05) is 18.2 Å². The van der Waals surface area contributed by atoms with Gasteiger partial charge in [0.15, 0.2) is 11.5 Å². The molecule has 7 heteroatoms. The summed E-state index contributed by atoms with van der Waals surface area (Å²) in [5.74, 6) is 1.66. The van der Waals surface area contributed by atoms with E-state index in [9.17, 15) is 4.79 Å². The van der Waals surface area contributed by atoms with E-state index in [0.29, 0.717) is 19.8 Å². The number of amides is 1. The van der Waals surface area contributed by atoms with Crippen LogP contribution in [0, 0.1) is 0 Å². The third-order valence-corrected chi connectivity index (χ3v) is 6.61. The number of hydrogen-bond acceptors (Lipinski definition) is 6. The third kappa shape index (κ3) is 5.66. The first-order valence-electron chi connectivity index (χ1n) is 12.1. The number of likely N-dealkylation sites (tertiary alicyclic amines) is 1. The zero-order valence-corrected chi connectivity index (χ0v) is 19.1. The molecule has 1 amide bonds. The van der Waals surface area contributed by atoms with Crippen LogP contribution in [0.25, 0.3) is 0 Å². The van der Waals surface area contributed by atoms with Crippen molar-refractivity contribution in [2.45, 2.75) is 31.8 Å². The van der Waals surface area contributed by atoms with Crippen LogP contribution in [0.3, 0.4) is 0 Å². The molecule has 2 aromatic rings. The molecule has 0 unspecified atom stereocenters. The molecule has 1 N–H and O–H groups in total. The Hall–Kier alpha value is -2.61. The summed E-state index contributed by atoms with van der Waals surface area (Å²) in [4.78, 5) is 17.5. The van der Waals surface area contributed by atoms with Crippen molar-refractivity contribution >= 4 is 11.6 Å². The standard InChI is InChI=1S/C26H33N3O4/c30-26(27-22-7-4-20(5-8-22)18-28-11-15-31-16-12-28)19-29-10-1-3-23(29)21-6-9-24-25(17-21)33-14-2-13-32-24/h4-9,17,23H,1-3,10-16,18-19H2,(H,27,30)/t23-/m1/s1. The highest BCUT2D eigenvalue weighted by Gasteiger charge is 2.28. The van der Waals surface area contributed by atoms with Crippen molar-refractivity contribution < 1.29 is 19.0 Å². The number of carbonyl (C=O) groups excluding carboxylic acids is 1. The van der Waals surface area contributed by atoms with Gasteiger partial charge >= 0.3 is 0 Å². The normalized spacial score (nSPS) is 21.5. The second-order valence-electron chi connectivity index (χ2n) is 9.02. The lowest BCUT2D eigenvalue weighted by atomic mass is 10.0. The minimum Gasteiger partial charge on any atom is -0.490 e. The Morgan fingerprint density at radius 2 is 1.70 bits per heavy atom. The first-order valence-corrected chi connectivity index (χ1v) is 12.1. The highest BCUT2D eigenvalue weighted by Crippen LogP contribution is 2.37. The van der Waals surface area contributed by atoms with Crippen LogP contribution in [0.5, 0.6) is 11.5 Å². The fourth-order valence-corrected chi connectivity index (χ4v) is 4.88. The number of anilines is 1. The van der Waals surface area contributed by atoms with Crippen molar-refractivity contribution in [3.8, 4) is 11.5 Å². The summed E-state index contributed by atoms with van der Waals surface area (Å²) in [5.41, 5.74) is 3.29. The molecule has 1 atom stereocenters. The van der Waals surface area contributed by atoms with Gasteiger partial charge in [-0.3, -0.25) is 14.6 Å². The molecule has 0 aliphatic carbocycles. The zero-order valence-electron chi connectivity index (χ0n) is 19.1. The highest BCUT2D eigenvalue weighted by atomic mass is 16.5. The molecule has 3 heterocycles. The van der Waals surface area contributed by atoms with Gasteiger partial charge < -0.3 is 19.5 Å². The molecule has 0 radical (unpaired) electrons. The number of rotatable bonds is 6. The maximum absolute atomic E-state index is 12.8. The predicted molar refractivity (Wildman–Crippen MR) is 127 cm³/mol. The highest BCUT2D eigenvalue weighted by molar-refractivity contribution is 5.92. The lowest BCUT2D eigenvalue weighted by molar-refractivity contribution is -0.117. The molecule has 3 aliphatic heterocycles. The lowest BCUT2D eigenvalue weighted by Crippen LogP contribution is -2.35. The minimum atomic E-state index is 0.0252. The van der Waals surface area contributed by atoms with Gasteiger partial charge in [0.2, 0.25) is 5.91 Å². The Morgan fingerprint density at radius 1 is 0.909 bits per heavy atom. The average molecular weight is 452 g/mol. The number of benzene rings is 2. The molecule has 0 saturated carbocycles. The number of nitrogens with one attached hydrogen (secondary N) is 1. The number of morpholine rings is 1. The molecular formula is C26H33N3O4. The van der Waals surface area contributed by atoms with Crippen LogP contribution in [0.4, 0.5) is 5.69 Å². The molecule has 5 rings (SSSR count). The van der Waals surface area contributed by atoms with E-state index < -0.39 is 0 Å². The predicted octanol–water partition coefficient (Wildman–Crippen LogP) is 3.46. The fourth-order valence-electron chi connectivity index (χ4n) is 4.88. The summed E-state index contributed by atoms with van der Waals surface area (Å²) in [7, 11) is 0. The number of hydrogen-bond donors (Lipinski definition) is 1.